The summed E-state index contributed by atoms with van der Waals surface area (Å²) >= 11 is 0. The monoisotopic (exact) mass is 204 g/mol. The lowest BCUT2D eigenvalue weighted by Gasteiger charge is -2.14. The minimum atomic E-state index is -0.634. The molecule has 0 rings (SSSR count). The van der Waals surface area contributed by atoms with Crippen LogP contribution in [0.4, 0.5) is 0 Å². The normalized spacial score (nSPS) is 14.9. The van der Waals surface area contributed by atoms with E-state index >= 15 is 0 Å². The lowest BCUT2D eigenvalue weighted by Crippen LogP contribution is -2.39. The Labute approximate surface area is 84.8 Å². The van der Waals surface area contributed by atoms with Crippen LogP contribution in [-0.4, -0.2) is 51.0 Å². The molecule has 5 heteroatoms. The minimum absolute atomic E-state index is 0.0606. The number of amides is 1. The van der Waals surface area contributed by atoms with E-state index in [0.29, 0.717) is 6.54 Å². The van der Waals surface area contributed by atoms with E-state index in [9.17, 15) is 9.90 Å². The summed E-state index contributed by atoms with van der Waals surface area (Å²) in [5.41, 5.74) is 0. The molecular weight excluding hydrogens is 184 g/mol. The fourth-order valence-electron chi connectivity index (χ4n) is 1.04. The second kappa shape index (κ2) is 7.73. The summed E-state index contributed by atoms with van der Waals surface area (Å²) in [6.45, 7) is 2.93. The summed E-state index contributed by atoms with van der Waals surface area (Å²) in [6, 6.07) is 0. The first-order valence-electron chi connectivity index (χ1n) is 4.71. The predicted molar refractivity (Wildman–Crippen MR) is 54.0 cm³/mol. The van der Waals surface area contributed by atoms with Gasteiger partial charge in [-0.05, 0) is 7.05 Å². The molecule has 14 heavy (non-hydrogen) atoms. The Morgan fingerprint density at radius 3 is 2.64 bits per heavy atom. The lowest BCUT2D eigenvalue weighted by molar-refractivity contribution is -0.125. The first kappa shape index (κ1) is 13.4. The first-order chi connectivity index (χ1) is 6.61. The Balaban J connectivity index is 3.61. The third kappa shape index (κ3) is 5.90. The van der Waals surface area contributed by atoms with Gasteiger partial charge in [0.15, 0.2) is 0 Å². The molecule has 2 unspecified atom stereocenters. The van der Waals surface area contributed by atoms with Crippen molar-refractivity contribution in [3.05, 3.63) is 0 Å². The number of carbonyl (C=O) groups excluding carboxylic acids is 1. The molecule has 0 saturated heterocycles. The maximum Gasteiger partial charge on any atom is 0.224 e. The van der Waals surface area contributed by atoms with E-state index < -0.39 is 6.10 Å². The van der Waals surface area contributed by atoms with Crippen LogP contribution < -0.4 is 10.6 Å². The molecule has 0 saturated carbocycles. The largest absolute Gasteiger partial charge is 0.389 e. The van der Waals surface area contributed by atoms with Crippen molar-refractivity contribution in [2.75, 3.05) is 33.9 Å². The Hall–Kier alpha value is -0.650. The molecule has 84 valence electrons. The van der Waals surface area contributed by atoms with Gasteiger partial charge in [-0.3, -0.25) is 4.79 Å². The van der Waals surface area contributed by atoms with Gasteiger partial charge in [0, 0.05) is 26.1 Å². The fourth-order valence-corrected chi connectivity index (χ4v) is 1.04. The Morgan fingerprint density at radius 2 is 2.14 bits per heavy atom. The van der Waals surface area contributed by atoms with Crippen molar-refractivity contribution in [2.45, 2.75) is 13.0 Å². The van der Waals surface area contributed by atoms with E-state index in [1.165, 1.54) is 7.11 Å². The van der Waals surface area contributed by atoms with E-state index in [2.05, 4.69) is 10.6 Å². The number of aliphatic hydroxyl groups excluding tert-OH is 1. The third-order valence-electron chi connectivity index (χ3n) is 1.83. The number of hydrogen-bond donors (Lipinski definition) is 3. The molecule has 2 atom stereocenters. The van der Waals surface area contributed by atoms with Gasteiger partial charge >= 0.3 is 0 Å². The number of rotatable bonds is 7. The van der Waals surface area contributed by atoms with Crippen LogP contribution in [0.15, 0.2) is 0 Å². The smallest absolute Gasteiger partial charge is 0.224 e. The van der Waals surface area contributed by atoms with Crippen LogP contribution in [0.1, 0.15) is 6.92 Å². The fraction of sp³-hybridized carbons (Fsp3) is 0.889. The average Bonchev–Trinajstić information content (AvgIpc) is 2.15. The van der Waals surface area contributed by atoms with Crippen LogP contribution in [0.2, 0.25) is 0 Å². The average molecular weight is 204 g/mol. The minimum Gasteiger partial charge on any atom is -0.389 e. The summed E-state index contributed by atoms with van der Waals surface area (Å²) in [4.78, 5) is 11.3. The van der Waals surface area contributed by atoms with Gasteiger partial charge in [-0.2, -0.15) is 0 Å². The zero-order chi connectivity index (χ0) is 11.0. The molecule has 0 aliphatic rings. The molecule has 0 aromatic carbocycles. The van der Waals surface area contributed by atoms with Gasteiger partial charge in [-0.1, -0.05) is 6.92 Å². The van der Waals surface area contributed by atoms with Crippen molar-refractivity contribution in [1.29, 1.82) is 0 Å². The molecule has 0 heterocycles. The number of nitrogens with one attached hydrogen (secondary N) is 2. The van der Waals surface area contributed by atoms with Crippen molar-refractivity contribution < 1.29 is 14.6 Å². The van der Waals surface area contributed by atoms with Gasteiger partial charge in [0.1, 0.15) is 0 Å². The highest BCUT2D eigenvalue weighted by Gasteiger charge is 2.12. The number of hydrogen-bond acceptors (Lipinski definition) is 4. The van der Waals surface area contributed by atoms with Gasteiger partial charge in [0.2, 0.25) is 5.91 Å². The van der Waals surface area contributed by atoms with Crippen LogP contribution >= 0.6 is 0 Å². The van der Waals surface area contributed by atoms with Crippen molar-refractivity contribution in [3.8, 4) is 0 Å². The quantitative estimate of drug-likeness (QED) is 0.496. The van der Waals surface area contributed by atoms with Crippen molar-refractivity contribution >= 4 is 5.91 Å². The van der Waals surface area contributed by atoms with Crippen molar-refractivity contribution in [1.82, 2.24) is 10.6 Å². The molecule has 0 bridgehead atoms. The van der Waals surface area contributed by atoms with Crippen LogP contribution in [0, 0.1) is 5.92 Å². The Bertz CT molecular complexity index is 164. The summed E-state index contributed by atoms with van der Waals surface area (Å²) in [5, 5.41) is 14.8. The van der Waals surface area contributed by atoms with Gasteiger partial charge in [0.25, 0.3) is 0 Å². The number of ether oxygens (including phenoxy) is 1. The summed E-state index contributed by atoms with van der Waals surface area (Å²) < 4.78 is 4.73. The topological polar surface area (TPSA) is 70.6 Å². The highest BCUT2D eigenvalue weighted by atomic mass is 16.5. The standard InChI is InChI=1S/C9H20N2O3/c1-7(4-10-2)9(13)11-5-8(12)6-14-3/h7-8,10,12H,4-6H2,1-3H3,(H,11,13). The summed E-state index contributed by atoms with van der Waals surface area (Å²) in [5.74, 6) is -0.149. The first-order valence-corrected chi connectivity index (χ1v) is 4.71. The second-order valence-corrected chi connectivity index (χ2v) is 3.31. The van der Waals surface area contributed by atoms with E-state index in [4.69, 9.17) is 4.74 Å². The molecule has 0 aliphatic heterocycles. The number of aliphatic hydroxyl groups is 1. The lowest BCUT2D eigenvalue weighted by atomic mass is 10.1. The van der Waals surface area contributed by atoms with Crippen molar-refractivity contribution in [2.24, 2.45) is 5.92 Å². The molecule has 0 aliphatic carbocycles. The predicted octanol–water partition coefficient (Wildman–Crippen LogP) is -1.03. The molecular formula is C9H20N2O3. The third-order valence-corrected chi connectivity index (χ3v) is 1.83. The molecule has 3 N–H and O–H groups in total. The van der Waals surface area contributed by atoms with Crippen LogP contribution in [0.3, 0.4) is 0 Å². The maximum atomic E-state index is 11.3. The molecule has 1 amide bonds. The highest BCUT2D eigenvalue weighted by molar-refractivity contribution is 5.78. The van der Waals surface area contributed by atoms with E-state index in [1.54, 1.807) is 7.05 Å². The Morgan fingerprint density at radius 1 is 1.50 bits per heavy atom. The molecule has 0 spiro atoms. The Kier molecular flexibility index (Phi) is 7.37. The van der Waals surface area contributed by atoms with Gasteiger partial charge in [-0.15, -0.1) is 0 Å². The van der Waals surface area contributed by atoms with Crippen LogP contribution in [-0.2, 0) is 9.53 Å². The van der Waals surface area contributed by atoms with Crippen LogP contribution in [0.25, 0.3) is 0 Å². The van der Waals surface area contributed by atoms with Gasteiger partial charge in [0.05, 0.1) is 12.7 Å². The highest BCUT2D eigenvalue weighted by Crippen LogP contribution is 1.92. The van der Waals surface area contributed by atoms with Gasteiger partial charge in [-0.25, -0.2) is 0 Å². The van der Waals surface area contributed by atoms with E-state index in [-0.39, 0.29) is 25.0 Å². The molecule has 0 fully saturated rings. The number of carbonyl (C=O) groups is 1. The summed E-state index contributed by atoms with van der Waals surface area (Å²) in [7, 11) is 3.30. The number of methoxy groups -OCH3 is 1. The zero-order valence-corrected chi connectivity index (χ0v) is 9.04. The molecule has 0 radical (unpaired) electrons. The van der Waals surface area contributed by atoms with Gasteiger partial charge < -0.3 is 20.5 Å². The zero-order valence-electron chi connectivity index (χ0n) is 9.04. The molecule has 0 aromatic heterocycles. The second-order valence-electron chi connectivity index (χ2n) is 3.31. The SMILES string of the molecule is CNCC(C)C(=O)NCC(O)COC. The molecule has 5 nitrogen and oxygen atoms in total. The molecule has 0 aromatic rings. The van der Waals surface area contributed by atoms with Crippen LogP contribution in [0.5, 0.6) is 0 Å². The maximum absolute atomic E-state index is 11.3. The summed E-state index contributed by atoms with van der Waals surface area (Å²) in [6.07, 6.45) is -0.634. The van der Waals surface area contributed by atoms with Crippen molar-refractivity contribution in [3.63, 3.8) is 0 Å². The van der Waals surface area contributed by atoms with E-state index in [1.807, 2.05) is 6.92 Å². The van der Waals surface area contributed by atoms with E-state index in [0.717, 1.165) is 0 Å².